The van der Waals surface area contributed by atoms with Crippen LogP contribution in [0, 0.1) is 0 Å². The number of carbonyl (C=O) groups excluding carboxylic acids is 1. The first-order valence-corrected chi connectivity index (χ1v) is 8.36. The third kappa shape index (κ3) is 3.02. The van der Waals surface area contributed by atoms with Gasteiger partial charge in [-0.3, -0.25) is 9.89 Å². The van der Waals surface area contributed by atoms with E-state index >= 15 is 0 Å². The number of oxazole rings is 1. The van der Waals surface area contributed by atoms with E-state index in [9.17, 15) is 4.79 Å². The van der Waals surface area contributed by atoms with Crippen LogP contribution in [0.15, 0.2) is 17.0 Å². The molecular weight excluding hydrogens is 292 g/mol. The summed E-state index contributed by atoms with van der Waals surface area (Å²) in [6.07, 6.45) is 6.29. The molecule has 0 unspecified atom stereocenters. The van der Waals surface area contributed by atoms with Gasteiger partial charge in [-0.15, -0.1) is 0 Å². The van der Waals surface area contributed by atoms with E-state index in [4.69, 9.17) is 4.42 Å². The number of nitrogens with zero attached hydrogens (tertiary/aromatic N) is 3. The van der Waals surface area contributed by atoms with E-state index in [0.717, 1.165) is 25.8 Å². The average molecular weight is 316 g/mol. The lowest BCUT2D eigenvalue weighted by Crippen LogP contribution is -2.40. The molecule has 1 aliphatic rings. The minimum absolute atomic E-state index is 0.0234. The summed E-state index contributed by atoms with van der Waals surface area (Å²) in [6, 6.07) is 0. The molecule has 1 amide bonds. The van der Waals surface area contributed by atoms with Crippen molar-refractivity contribution >= 4 is 5.91 Å². The normalized spacial score (nSPS) is 18.6. The Morgan fingerprint density at radius 1 is 1.52 bits per heavy atom. The van der Waals surface area contributed by atoms with Crippen molar-refractivity contribution in [2.75, 3.05) is 13.1 Å². The van der Waals surface area contributed by atoms with E-state index in [-0.39, 0.29) is 11.8 Å². The van der Waals surface area contributed by atoms with Crippen LogP contribution < -0.4 is 0 Å². The second-order valence-corrected chi connectivity index (χ2v) is 6.47. The molecule has 2 aromatic heterocycles. The van der Waals surface area contributed by atoms with Gasteiger partial charge in [0.05, 0.1) is 6.20 Å². The monoisotopic (exact) mass is 316 g/mol. The van der Waals surface area contributed by atoms with Crippen molar-refractivity contribution in [2.24, 2.45) is 0 Å². The number of amides is 1. The summed E-state index contributed by atoms with van der Waals surface area (Å²) >= 11 is 0. The van der Waals surface area contributed by atoms with Gasteiger partial charge in [0.15, 0.2) is 12.1 Å². The predicted molar refractivity (Wildman–Crippen MR) is 86.4 cm³/mol. The van der Waals surface area contributed by atoms with Crippen LogP contribution in [0.3, 0.4) is 0 Å². The Balaban J connectivity index is 1.78. The van der Waals surface area contributed by atoms with Crippen LogP contribution in [0.1, 0.15) is 73.0 Å². The average Bonchev–Trinajstić information content (AvgIpc) is 3.23. The van der Waals surface area contributed by atoms with Crippen LogP contribution in [-0.2, 0) is 6.42 Å². The van der Waals surface area contributed by atoms with Gasteiger partial charge in [-0.25, -0.2) is 4.98 Å². The highest BCUT2D eigenvalue weighted by molar-refractivity contribution is 5.93. The van der Waals surface area contributed by atoms with Gasteiger partial charge in [0, 0.05) is 30.6 Å². The first kappa shape index (κ1) is 15.8. The Morgan fingerprint density at radius 2 is 2.35 bits per heavy atom. The molecule has 124 valence electrons. The Morgan fingerprint density at radius 3 is 3.09 bits per heavy atom. The summed E-state index contributed by atoms with van der Waals surface area (Å²) in [5.41, 5.74) is 2.88. The highest BCUT2D eigenvalue weighted by Gasteiger charge is 2.30. The maximum Gasteiger partial charge on any atom is 0.276 e. The van der Waals surface area contributed by atoms with Crippen molar-refractivity contribution in [1.82, 2.24) is 20.1 Å². The fourth-order valence-corrected chi connectivity index (χ4v) is 3.33. The zero-order valence-corrected chi connectivity index (χ0v) is 14.0. The van der Waals surface area contributed by atoms with Crippen molar-refractivity contribution in [3.8, 4) is 0 Å². The van der Waals surface area contributed by atoms with Crippen molar-refractivity contribution in [1.29, 1.82) is 0 Å². The molecule has 3 heterocycles. The molecule has 1 N–H and O–H groups in total. The van der Waals surface area contributed by atoms with Gasteiger partial charge in [-0.05, 0) is 24.8 Å². The highest BCUT2D eigenvalue weighted by atomic mass is 16.3. The summed E-state index contributed by atoms with van der Waals surface area (Å²) in [7, 11) is 0. The van der Waals surface area contributed by atoms with Crippen LogP contribution >= 0.6 is 0 Å². The Hall–Kier alpha value is -2.11. The zero-order chi connectivity index (χ0) is 16.4. The summed E-state index contributed by atoms with van der Waals surface area (Å²) < 4.78 is 5.40. The Kier molecular flexibility index (Phi) is 4.50. The minimum atomic E-state index is -0.0234. The number of aromatic amines is 1. The smallest absolute Gasteiger partial charge is 0.276 e. The number of H-pyrrole nitrogens is 1. The van der Waals surface area contributed by atoms with Crippen LogP contribution in [-0.4, -0.2) is 39.1 Å². The van der Waals surface area contributed by atoms with E-state index in [1.165, 1.54) is 17.7 Å². The quantitative estimate of drug-likeness (QED) is 0.940. The van der Waals surface area contributed by atoms with Crippen LogP contribution in [0.25, 0.3) is 0 Å². The number of aryl methyl sites for hydroxylation is 1. The number of hydrogen-bond acceptors (Lipinski definition) is 4. The maximum atomic E-state index is 12.8. The predicted octanol–water partition coefficient (Wildman–Crippen LogP) is 3.10. The molecule has 6 nitrogen and oxygen atoms in total. The van der Waals surface area contributed by atoms with E-state index < -0.39 is 0 Å². The lowest BCUT2D eigenvalue weighted by Gasteiger charge is -2.32. The fourth-order valence-electron chi connectivity index (χ4n) is 3.33. The molecular formula is C17H24N4O2. The van der Waals surface area contributed by atoms with Crippen LogP contribution in [0.4, 0.5) is 0 Å². The SMILES string of the molecule is CCc1cn[nH]c1[C@@H]1CCCN(C(=O)c2ncoc2C(C)C)C1. The van der Waals surface area contributed by atoms with Gasteiger partial charge in [0.2, 0.25) is 0 Å². The van der Waals surface area contributed by atoms with Gasteiger partial charge < -0.3 is 9.32 Å². The zero-order valence-electron chi connectivity index (χ0n) is 14.0. The molecule has 23 heavy (non-hydrogen) atoms. The van der Waals surface area contributed by atoms with Gasteiger partial charge in [0.25, 0.3) is 5.91 Å². The topological polar surface area (TPSA) is 75.0 Å². The van der Waals surface area contributed by atoms with E-state index in [1.54, 1.807) is 0 Å². The van der Waals surface area contributed by atoms with Crippen molar-refractivity contribution in [2.45, 2.75) is 51.9 Å². The molecule has 0 aliphatic carbocycles. The third-order valence-electron chi connectivity index (χ3n) is 4.57. The van der Waals surface area contributed by atoms with Gasteiger partial charge in [-0.2, -0.15) is 5.10 Å². The molecule has 1 aliphatic heterocycles. The molecule has 0 bridgehead atoms. The molecule has 0 saturated carbocycles. The number of carbonyl (C=O) groups is 1. The molecule has 1 saturated heterocycles. The Bertz CT molecular complexity index is 674. The third-order valence-corrected chi connectivity index (χ3v) is 4.57. The number of rotatable bonds is 4. The maximum absolute atomic E-state index is 12.8. The van der Waals surface area contributed by atoms with Crippen LogP contribution in [0.2, 0.25) is 0 Å². The van der Waals surface area contributed by atoms with E-state index in [2.05, 4.69) is 22.1 Å². The van der Waals surface area contributed by atoms with Crippen molar-refractivity contribution in [3.05, 3.63) is 35.3 Å². The van der Waals surface area contributed by atoms with Crippen molar-refractivity contribution < 1.29 is 9.21 Å². The van der Waals surface area contributed by atoms with Gasteiger partial charge in [0.1, 0.15) is 5.76 Å². The first-order chi connectivity index (χ1) is 11.1. The molecule has 3 rings (SSSR count). The first-order valence-electron chi connectivity index (χ1n) is 8.36. The molecule has 0 spiro atoms. The van der Waals surface area contributed by atoms with E-state index in [1.807, 2.05) is 24.9 Å². The second-order valence-electron chi connectivity index (χ2n) is 6.47. The highest BCUT2D eigenvalue weighted by Crippen LogP contribution is 2.29. The number of likely N-dealkylation sites (tertiary alicyclic amines) is 1. The number of nitrogens with one attached hydrogen (secondary N) is 1. The van der Waals surface area contributed by atoms with Crippen LogP contribution in [0.5, 0.6) is 0 Å². The molecule has 2 aromatic rings. The molecule has 0 radical (unpaired) electrons. The lowest BCUT2D eigenvalue weighted by atomic mass is 9.91. The second kappa shape index (κ2) is 6.56. The molecule has 0 aromatic carbocycles. The number of hydrogen-bond donors (Lipinski definition) is 1. The Labute approximate surface area is 136 Å². The molecule has 1 atom stereocenters. The molecule has 6 heteroatoms. The van der Waals surface area contributed by atoms with E-state index in [0.29, 0.717) is 23.9 Å². The number of piperidine rings is 1. The minimum Gasteiger partial charge on any atom is -0.447 e. The summed E-state index contributed by atoms with van der Waals surface area (Å²) in [5.74, 6) is 1.12. The van der Waals surface area contributed by atoms with Gasteiger partial charge >= 0.3 is 0 Å². The standard InChI is InChI=1S/C17H24N4O2/c1-4-12-8-19-20-14(12)13-6-5-7-21(9-13)17(22)15-16(11(2)3)23-10-18-15/h8,10-11,13H,4-7,9H2,1-3H3,(H,19,20)/t13-/m1/s1. The van der Waals surface area contributed by atoms with Crippen molar-refractivity contribution in [3.63, 3.8) is 0 Å². The van der Waals surface area contributed by atoms with Gasteiger partial charge in [-0.1, -0.05) is 20.8 Å². The fraction of sp³-hybridized carbons (Fsp3) is 0.588. The summed E-state index contributed by atoms with van der Waals surface area (Å²) in [4.78, 5) is 18.9. The lowest BCUT2D eigenvalue weighted by molar-refractivity contribution is 0.0697. The summed E-state index contributed by atoms with van der Waals surface area (Å²) in [5, 5.41) is 7.30. The summed E-state index contributed by atoms with van der Waals surface area (Å²) in [6.45, 7) is 7.63. The largest absolute Gasteiger partial charge is 0.447 e. The number of aromatic nitrogens is 3. The molecule has 1 fully saturated rings.